The molecule has 0 spiro atoms. The molecule has 122 valence electrons. The molecule has 0 saturated carbocycles. The van der Waals surface area contributed by atoms with E-state index in [2.05, 4.69) is 21.2 Å². The summed E-state index contributed by atoms with van der Waals surface area (Å²) in [5.41, 5.74) is 0.945. The van der Waals surface area contributed by atoms with E-state index >= 15 is 0 Å². The standard InChI is InChI=1S/C17H11BrCl2N2O2/c1-24-16-5-2-10(7-13(16)18)6-11(9-21)17(23)22-15-8-12(19)3-4-14(15)20/h2-8H,1H3,(H,22,23)/b11-6-. The van der Waals surface area contributed by atoms with Crippen LogP contribution in [0.2, 0.25) is 10.0 Å². The van der Waals surface area contributed by atoms with E-state index in [1.54, 1.807) is 37.4 Å². The first-order chi connectivity index (χ1) is 11.4. The van der Waals surface area contributed by atoms with Crippen molar-refractivity contribution in [2.45, 2.75) is 0 Å². The molecular weight excluding hydrogens is 415 g/mol. The Morgan fingerprint density at radius 2 is 2.04 bits per heavy atom. The molecule has 0 aliphatic carbocycles. The monoisotopic (exact) mass is 424 g/mol. The van der Waals surface area contributed by atoms with Gasteiger partial charge in [-0.3, -0.25) is 4.79 Å². The third kappa shape index (κ3) is 4.51. The Labute approximate surface area is 157 Å². The maximum atomic E-state index is 12.3. The molecule has 2 rings (SSSR count). The van der Waals surface area contributed by atoms with E-state index in [1.165, 1.54) is 12.1 Å². The lowest BCUT2D eigenvalue weighted by Gasteiger charge is -2.07. The Kier molecular flexibility index (Phi) is 6.27. The van der Waals surface area contributed by atoms with Crippen LogP contribution >= 0.6 is 39.1 Å². The van der Waals surface area contributed by atoms with Gasteiger partial charge in [-0.15, -0.1) is 0 Å². The van der Waals surface area contributed by atoms with Crippen LogP contribution in [0.3, 0.4) is 0 Å². The number of benzene rings is 2. The van der Waals surface area contributed by atoms with Crippen LogP contribution in [-0.2, 0) is 4.79 Å². The third-order valence-corrected chi connectivity index (χ3v) is 4.21. The molecule has 0 aliphatic rings. The van der Waals surface area contributed by atoms with Crippen molar-refractivity contribution in [3.63, 3.8) is 0 Å². The van der Waals surface area contributed by atoms with Gasteiger partial charge in [0.1, 0.15) is 17.4 Å². The smallest absolute Gasteiger partial charge is 0.266 e. The highest BCUT2D eigenvalue weighted by Crippen LogP contribution is 2.28. The predicted octanol–water partition coefficient (Wildman–Crippen LogP) is 5.31. The van der Waals surface area contributed by atoms with Gasteiger partial charge in [-0.05, 0) is 57.9 Å². The lowest BCUT2D eigenvalue weighted by Crippen LogP contribution is -2.13. The van der Waals surface area contributed by atoms with Crippen molar-refractivity contribution >= 4 is 56.8 Å². The van der Waals surface area contributed by atoms with Gasteiger partial charge in [-0.1, -0.05) is 29.3 Å². The number of halogens is 3. The maximum absolute atomic E-state index is 12.3. The molecule has 0 unspecified atom stereocenters. The van der Waals surface area contributed by atoms with Gasteiger partial charge in [0.05, 0.1) is 22.3 Å². The second-order valence-corrected chi connectivity index (χ2v) is 6.34. The minimum Gasteiger partial charge on any atom is -0.496 e. The summed E-state index contributed by atoms with van der Waals surface area (Å²) in [6.07, 6.45) is 1.47. The van der Waals surface area contributed by atoms with Crippen molar-refractivity contribution < 1.29 is 9.53 Å². The molecule has 0 aromatic heterocycles. The summed E-state index contributed by atoms with van der Waals surface area (Å²) in [6.45, 7) is 0. The summed E-state index contributed by atoms with van der Waals surface area (Å²) in [5, 5.41) is 12.6. The zero-order chi connectivity index (χ0) is 17.7. The number of nitrogens with one attached hydrogen (secondary N) is 1. The van der Waals surface area contributed by atoms with Crippen molar-refractivity contribution in [3.05, 3.63) is 62.1 Å². The number of nitrogens with zero attached hydrogens (tertiary/aromatic N) is 1. The van der Waals surface area contributed by atoms with Crippen LogP contribution in [0.4, 0.5) is 5.69 Å². The fourth-order valence-electron chi connectivity index (χ4n) is 1.87. The summed E-state index contributed by atoms with van der Waals surface area (Å²) in [6, 6.07) is 11.8. The highest BCUT2D eigenvalue weighted by molar-refractivity contribution is 9.10. The number of hydrogen-bond donors (Lipinski definition) is 1. The van der Waals surface area contributed by atoms with E-state index in [-0.39, 0.29) is 5.57 Å². The molecule has 0 saturated heterocycles. The third-order valence-electron chi connectivity index (χ3n) is 3.03. The van der Waals surface area contributed by atoms with E-state index in [1.807, 2.05) is 6.07 Å². The molecule has 0 bridgehead atoms. The van der Waals surface area contributed by atoms with Gasteiger partial charge in [0.2, 0.25) is 0 Å². The van der Waals surface area contributed by atoms with Crippen molar-refractivity contribution in [3.8, 4) is 11.8 Å². The van der Waals surface area contributed by atoms with Crippen LogP contribution in [-0.4, -0.2) is 13.0 Å². The van der Waals surface area contributed by atoms with Gasteiger partial charge in [-0.25, -0.2) is 0 Å². The average molecular weight is 426 g/mol. The number of rotatable bonds is 4. The van der Waals surface area contributed by atoms with E-state index < -0.39 is 5.91 Å². The summed E-state index contributed by atoms with van der Waals surface area (Å²) < 4.78 is 5.86. The van der Waals surface area contributed by atoms with Crippen molar-refractivity contribution in [2.75, 3.05) is 12.4 Å². The highest BCUT2D eigenvalue weighted by atomic mass is 79.9. The molecule has 2 aromatic carbocycles. The van der Waals surface area contributed by atoms with Gasteiger partial charge in [-0.2, -0.15) is 5.26 Å². The van der Waals surface area contributed by atoms with E-state index in [0.717, 1.165) is 0 Å². The van der Waals surface area contributed by atoms with E-state index in [9.17, 15) is 10.1 Å². The summed E-state index contributed by atoms with van der Waals surface area (Å²) in [4.78, 5) is 12.3. The van der Waals surface area contributed by atoms with Gasteiger partial charge >= 0.3 is 0 Å². The number of nitriles is 1. The van der Waals surface area contributed by atoms with Crippen molar-refractivity contribution in [2.24, 2.45) is 0 Å². The second kappa shape index (κ2) is 8.20. The van der Waals surface area contributed by atoms with Crippen molar-refractivity contribution in [1.29, 1.82) is 5.26 Å². The van der Waals surface area contributed by atoms with Crippen LogP contribution < -0.4 is 10.1 Å². The Balaban J connectivity index is 2.27. The van der Waals surface area contributed by atoms with Gasteiger partial charge in [0, 0.05) is 5.02 Å². The van der Waals surface area contributed by atoms with Crippen LogP contribution in [0.1, 0.15) is 5.56 Å². The molecule has 0 aliphatic heterocycles. The number of ether oxygens (including phenoxy) is 1. The number of anilines is 1. The number of amides is 1. The number of carbonyl (C=O) groups excluding carboxylic acids is 1. The molecule has 2 aromatic rings. The predicted molar refractivity (Wildman–Crippen MR) is 99.4 cm³/mol. The normalized spacial score (nSPS) is 10.9. The van der Waals surface area contributed by atoms with Crippen molar-refractivity contribution in [1.82, 2.24) is 0 Å². The summed E-state index contributed by atoms with van der Waals surface area (Å²) in [7, 11) is 1.55. The molecule has 24 heavy (non-hydrogen) atoms. The first kappa shape index (κ1) is 18.3. The van der Waals surface area contributed by atoms with Crippen LogP contribution in [0.5, 0.6) is 5.75 Å². The van der Waals surface area contributed by atoms with Crippen LogP contribution in [0, 0.1) is 11.3 Å². The quantitative estimate of drug-likeness (QED) is 0.533. The highest BCUT2D eigenvalue weighted by Gasteiger charge is 2.12. The molecule has 7 heteroatoms. The fourth-order valence-corrected chi connectivity index (χ4v) is 2.77. The topological polar surface area (TPSA) is 62.1 Å². The van der Waals surface area contributed by atoms with E-state index in [0.29, 0.717) is 31.5 Å². The Morgan fingerprint density at radius 3 is 2.67 bits per heavy atom. The van der Waals surface area contributed by atoms with Crippen LogP contribution in [0.25, 0.3) is 6.08 Å². The van der Waals surface area contributed by atoms with Crippen LogP contribution in [0.15, 0.2) is 46.4 Å². The SMILES string of the molecule is COc1ccc(/C=C(/C#N)C(=O)Nc2cc(Cl)ccc2Cl)cc1Br. The molecule has 0 radical (unpaired) electrons. The number of hydrogen-bond acceptors (Lipinski definition) is 3. The lowest BCUT2D eigenvalue weighted by molar-refractivity contribution is -0.112. The van der Waals surface area contributed by atoms with Gasteiger partial charge in [0.25, 0.3) is 5.91 Å². The van der Waals surface area contributed by atoms with Gasteiger partial charge < -0.3 is 10.1 Å². The van der Waals surface area contributed by atoms with E-state index in [4.69, 9.17) is 27.9 Å². The number of methoxy groups -OCH3 is 1. The lowest BCUT2D eigenvalue weighted by atomic mass is 10.1. The Morgan fingerprint density at radius 1 is 1.29 bits per heavy atom. The minimum atomic E-state index is -0.575. The largest absolute Gasteiger partial charge is 0.496 e. The summed E-state index contributed by atoms with van der Waals surface area (Å²) in [5.74, 6) is 0.0782. The van der Waals surface area contributed by atoms with Gasteiger partial charge in [0.15, 0.2) is 0 Å². The number of carbonyl (C=O) groups is 1. The first-order valence-electron chi connectivity index (χ1n) is 6.66. The molecule has 1 amide bonds. The molecule has 0 atom stereocenters. The second-order valence-electron chi connectivity index (χ2n) is 4.64. The molecule has 0 fully saturated rings. The molecule has 1 N–H and O–H groups in total. The Hall–Kier alpha value is -2.00. The molecule has 0 heterocycles. The zero-order valence-electron chi connectivity index (χ0n) is 12.4. The summed E-state index contributed by atoms with van der Waals surface area (Å²) >= 11 is 15.2. The Bertz CT molecular complexity index is 860. The minimum absolute atomic E-state index is 0.0666. The molecule has 4 nitrogen and oxygen atoms in total. The fraction of sp³-hybridized carbons (Fsp3) is 0.0588. The maximum Gasteiger partial charge on any atom is 0.266 e. The molecular formula is C17H11BrCl2N2O2. The first-order valence-corrected chi connectivity index (χ1v) is 8.21. The zero-order valence-corrected chi connectivity index (χ0v) is 15.5. The average Bonchev–Trinajstić information content (AvgIpc) is 2.56.